The van der Waals surface area contributed by atoms with E-state index in [1.54, 1.807) is 35.1 Å². The van der Waals surface area contributed by atoms with Crippen LogP contribution >= 0.6 is 0 Å². The maximum Gasteiger partial charge on any atom is 0.275 e. The van der Waals surface area contributed by atoms with Gasteiger partial charge in [0, 0.05) is 29.5 Å². The van der Waals surface area contributed by atoms with E-state index in [4.69, 9.17) is 0 Å². The summed E-state index contributed by atoms with van der Waals surface area (Å²) in [5.74, 6) is -0.735. The second-order valence-corrected chi connectivity index (χ2v) is 6.74. The Morgan fingerprint density at radius 1 is 1.06 bits per heavy atom. The van der Waals surface area contributed by atoms with Gasteiger partial charge in [0.25, 0.3) is 11.6 Å². The average Bonchev–Trinajstić information content (AvgIpc) is 3.24. The topological polar surface area (TPSA) is 123 Å². The molecule has 32 heavy (non-hydrogen) atoms. The molecule has 0 saturated heterocycles. The summed E-state index contributed by atoms with van der Waals surface area (Å²) < 4.78 is 1.63. The largest absolute Gasteiger partial charge is 0.507 e. The van der Waals surface area contributed by atoms with Crippen LogP contribution in [0.25, 0.3) is 16.9 Å². The Morgan fingerprint density at radius 2 is 1.81 bits per heavy atom. The molecule has 0 aliphatic rings. The first-order chi connectivity index (χ1) is 15.5. The van der Waals surface area contributed by atoms with E-state index in [1.165, 1.54) is 30.5 Å². The Bertz CT molecular complexity index is 1310. The lowest BCUT2D eigenvalue weighted by molar-refractivity contribution is -0.384. The smallest absolute Gasteiger partial charge is 0.275 e. The van der Waals surface area contributed by atoms with Gasteiger partial charge in [-0.25, -0.2) is 10.1 Å². The SMILES string of the molecule is O=C(NN=Cc1cn(-c2ccccc2)nc1-c1cccc([N+](=O)[O-])c1)c1ccccc1O. The monoisotopic (exact) mass is 427 g/mol. The highest BCUT2D eigenvalue weighted by Gasteiger charge is 2.15. The fraction of sp³-hybridized carbons (Fsp3) is 0. The molecular formula is C23H17N5O4. The predicted molar refractivity (Wildman–Crippen MR) is 119 cm³/mol. The summed E-state index contributed by atoms with van der Waals surface area (Å²) in [6, 6.07) is 21.6. The van der Waals surface area contributed by atoms with Crippen LogP contribution in [-0.4, -0.2) is 31.9 Å². The molecule has 1 heterocycles. The molecule has 158 valence electrons. The first-order valence-corrected chi connectivity index (χ1v) is 9.54. The minimum Gasteiger partial charge on any atom is -0.507 e. The number of carbonyl (C=O) groups excluding carboxylic acids is 1. The maximum atomic E-state index is 12.3. The van der Waals surface area contributed by atoms with Gasteiger partial charge in [0.1, 0.15) is 11.4 Å². The predicted octanol–water partition coefficient (Wildman–Crippen LogP) is 3.92. The van der Waals surface area contributed by atoms with Crippen LogP contribution in [0.2, 0.25) is 0 Å². The Hall–Kier alpha value is -4.79. The molecule has 1 amide bonds. The van der Waals surface area contributed by atoms with Gasteiger partial charge < -0.3 is 5.11 Å². The number of benzene rings is 3. The number of para-hydroxylation sites is 2. The fourth-order valence-corrected chi connectivity index (χ4v) is 3.07. The lowest BCUT2D eigenvalue weighted by Crippen LogP contribution is -2.17. The summed E-state index contributed by atoms with van der Waals surface area (Å²) in [7, 11) is 0. The zero-order valence-corrected chi connectivity index (χ0v) is 16.6. The van der Waals surface area contributed by atoms with Crippen molar-refractivity contribution in [2.75, 3.05) is 0 Å². The number of aromatic hydroxyl groups is 1. The van der Waals surface area contributed by atoms with Crippen LogP contribution in [0.4, 0.5) is 5.69 Å². The van der Waals surface area contributed by atoms with E-state index in [1.807, 2.05) is 30.3 Å². The summed E-state index contributed by atoms with van der Waals surface area (Å²) in [6.45, 7) is 0. The first-order valence-electron chi connectivity index (χ1n) is 9.54. The molecule has 0 aliphatic heterocycles. The molecular weight excluding hydrogens is 410 g/mol. The molecule has 9 heteroatoms. The number of phenolic OH excluding ortho intramolecular Hbond substituents is 1. The van der Waals surface area contributed by atoms with Gasteiger partial charge in [-0.05, 0) is 24.3 Å². The van der Waals surface area contributed by atoms with Crippen LogP contribution in [0.1, 0.15) is 15.9 Å². The number of nitrogens with one attached hydrogen (secondary N) is 1. The van der Waals surface area contributed by atoms with E-state index >= 15 is 0 Å². The third-order valence-corrected chi connectivity index (χ3v) is 4.61. The third-order valence-electron chi connectivity index (χ3n) is 4.61. The second kappa shape index (κ2) is 8.92. The van der Waals surface area contributed by atoms with E-state index in [9.17, 15) is 20.0 Å². The van der Waals surface area contributed by atoms with E-state index in [2.05, 4.69) is 15.6 Å². The highest BCUT2D eigenvalue weighted by atomic mass is 16.6. The van der Waals surface area contributed by atoms with E-state index in [-0.39, 0.29) is 17.0 Å². The van der Waals surface area contributed by atoms with E-state index in [0.29, 0.717) is 16.8 Å². The van der Waals surface area contributed by atoms with Gasteiger partial charge in [-0.2, -0.15) is 10.2 Å². The Labute approximate surface area is 182 Å². The number of rotatable bonds is 6. The van der Waals surface area contributed by atoms with Gasteiger partial charge in [-0.3, -0.25) is 14.9 Å². The zero-order chi connectivity index (χ0) is 22.5. The number of nitrogens with zero attached hydrogens (tertiary/aromatic N) is 4. The lowest BCUT2D eigenvalue weighted by atomic mass is 10.1. The number of hydrogen-bond acceptors (Lipinski definition) is 6. The van der Waals surface area contributed by atoms with Gasteiger partial charge in [0.2, 0.25) is 0 Å². The summed E-state index contributed by atoms with van der Waals surface area (Å²) in [5, 5.41) is 29.6. The van der Waals surface area contributed by atoms with Crippen molar-refractivity contribution in [3.8, 4) is 22.7 Å². The number of non-ortho nitro benzene ring substituents is 1. The molecule has 0 fully saturated rings. The number of hydrazone groups is 1. The quantitative estimate of drug-likeness (QED) is 0.274. The molecule has 0 aliphatic carbocycles. The summed E-state index contributed by atoms with van der Waals surface area (Å²) in [5.41, 5.74) is 4.70. The average molecular weight is 427 g/mol. The van der Waals surface area contributed by atoms with Crippen LogP contribution in [0.5, 0.6) is 5.75 Å². The van der Waals surface area contributed by atoms with Crippen LogP contribution in [-0.2, 0) is 0 Å². The zero-order valence-electron chi connectivity index (χ0n) is 16.6. The Balaban J connectivity index is 1.68. The minimum atomic E-state index is -0.577. The highest BCUT2D eigenvalue weighted by molar-refractivity contribution is 5.97. The van der Waals surface area contributed by atoms with Crippen LogP contribution in [0.15, 0.2) is 90.2 Å². The highest BCUT2D eigenvalue weighted by Crippen LogP contribution is 2.26. The fourth-order valence-electron chi connectivity index (χ4n) is 3.07. The molecule has 4 rings (SSSR count). The van der Waals surface area contributed by atoms with E-state index in [0.717, 1.165) is 5.69 Å². The van der Waals surface area contributed by atoms with Gasteiger partial charge in [0.15, 0.2) is 0 Å². The van der Waals surface area contributed by atoms with E-state index < -0.39 is 10.8 Å². The normalized spacial score (nSPS) is 10.9. The van der Waals surface area contributed by atoms with Crippen molar-refractivity contribution in [1.29, 1.82) is 0 Å². The molecule has 0 unspecified atom stereocenters. The van der Waals surface area contributed by atoms with Crippen molar-refractivity contribution < 1.29 is 14.8 Å². The molecule has 2 N–H and O–H groups in total. The number of phenols is 1. The van der Waals surface area contributed by atoms with Crippen molar-refractivity contribution in [3.05, 3.63) is 106 Å². The van der Waals surface area contributed by atoms with Crippen molar-refractivity contribution in [2.24, 2.45) is 5.10 Å². The first kappa shape index (κ1) is 20.5. The molecule has 0 bridgehead atoms. The van der Waals surface area contributed by atoms with Crippen LogP contribution in [0.3, 0.4) is 0 Å². The van der Waals surface area contributed by atoms with Crippen LogP contribution in [0, 0.1) is 10.1 Å². The Kier molecular flexibility index (Phi) is 5.71. The van der Waals surface area contributed by atoms with Gasteiger partial charge >= 0.3 is 0 Å². The molecule has 4 aromatic rings. The molecule has 0 atom stereocenters. The summed E-state index contributed by atoms with van der Waals surface area (Å²) in [4.78, 5) is 23.0. The number of carbonyl (C=O) groups is 1. The molecule has 9 nitrogen and oxygen atoms in total. The number of amides is 1. The van der Waals surface area contributed by atoms with Gasteiger partial charge in [0.05, 0.1) is 22.4 Å². The van der Waals surface area contributed by atoms with Crippen LogP contribution < -0.4 is 5.43 Å². The number of hydrogen-bond donors (Lipinski definition) is 2. The minimum absolute atomic E-state index is 0.0625. The van der Waals surface area contributed by atoms with Gasteiger partial charge in [-0.1, -0.05) is 42.5 Å². The maximum absolute atomic E-state index is 12.3. The Morgan fingerprint density at radius 3 is 2.56 bits per heavy atom. The van der Waals surface area contributed by atoms with Crippen molar-refractivity contribution >= 4 is 17.8 Å². The number of nitro benzene ring substituents is 1. The summed E-state index contributed by atoms with van der Waals surface area (Å²) in [6.07, 6.45) is 3.11. The molecule has 3 aromatic carbocycles. The molecule has 1 aromatic heterocycles. The molecule has 0 spiro atoms. The second-order valence-electron chi connectivity index (χ2n) is 6.74. The van der Waals surface area contributed by atoms with Crippen molar-refractivity contribution in [3.63, 3.8) is 0 Å². The van der Waals surface area contributed by atoms with Gasteiger partial charge in [-0.15, -0.1) is 0 Å². The standard InChI is InChI=1S/C23H17N5O4/c29-21-12-5-4-11-20(21)23(30)25-24-14-17-15-27(18-8-2-1-3-9-18)26-22(17)16-7-6-10-19(13-16)28(31)32/h1-15,29H,(H,25,30). The molecule has 0 radical (unpaired) electrons. The lowest BCUT2D eigenvalue weighted by Gasteiger charge is -2.02. The van der Waals surface area contributed by atoms with Crippen molar-refractivity contribution in [2.45, 2.75) is 0 Å². The third kappa shape index (κ3) is 4.36. The summed E-state index contributed by atoms with van der Waals surface area (Å²) >= 11 is 0. The van der Waals surface area contributed by atoms with Crippen molar-refractivity contribution in [1.82, 2.24) is 15.2 Å². The number of nitro groups is 1. The molecule has 0 saturated carbocycles. The number of aromatic nitrogens is 2.